The van der Waals surface area contributed by atoms with Crippen LogP contribution in [-0.2, 0) is 9.53 Å². The molecule has 2 N–H and O–H groups in total. The van der Waals surface area contributed by atoms with E-state index in [1.54, 1.807) is 6.20 Å². The summed E-state index contributed by atoms with van der Waals surface area (Å²) in [6, 6.07) is 2.07. The van der Waals surface area contributed by atoms with E-state index in [4.69, 9.17) is 4.74 Å². The van der Waals surface area contributed by atoms with Gasteiger partial charge in [0.15, 0.2) is 5.82 Å². The van der Waals surface area contributed by atoms with Gasteiger partial charge in [-0.2, -0.15) is 5.10 Å². The normalized spacial score (nSPS) is 20.2. The van der Waals surface area contributed by atoms with Crippen LogP contribution >= 0.6 is 0 Å². The predicted octanol–water partition coefficient (Wildman–Crippen LogP) is 2.15. The summed E-state index contributed by atoms with van der Waals surface area (Å²) in [4.78, 5) is 16.1. The SMILES string of the molecule is O=C(O)C(CNc1nccn2nc(C3CC3)cc12)C1CCOCC1. The van der Waals surface area contributed by atoms with Crippen molar-refractivity contribution in [2.75, 3.05) is 25.1 Å². The van der Waals surface area contributed by atoms with Gasteiger partial charge in [-0.3, -0.25) is 4.79 Å². The van der Waals surface area contributed by atoms with Crippen molar-refractivity contribution in [2.24, 2.45) is 11.8 Å². The van der Waals surface area contributed by atoms with Gasteiger partial charge in [0.2, 0.25) is 0 Å². The largest absolute Gasteiger partial charge is 0.481 e. The number of aromatic nitrogens is 3. The van der Waals surface area contributed by atoms with Gasteiger partial charge in [0, 0.05) is 38.1 Å². The highest BCUT2D eigenvalue weighted by Gasteiger charge is 2.30. The monoisotopic (exact) mass is 330 g/mol. The van der Waals surface area contributed by atoms with E-state index < -0.39 is 11.9 Å². The summed E-state index contributed by atoms with van der Waals surface area (Å²) >= 11 is 0. The van der Waals surface area contributed by atoms with Crippen molar-refractivity contribution >= 4 is 17.3 Å². The zero-order chi connectivity index (χ0) is 16.5. The molecular formula is C17H22N4O3. The summed E-state index contributed by atoms with van der Waals surface area (Å²) in [7, 11) is 0. The lowest BCUT2D eigenvalue weighted by molar-refractivity contribution is -0.144. The van der Waals surface area contributed by atoms with Gasteiger partial charge in [-0.1, -0.05) is 0 Å². The molecule has 2 aromatic heterocycles. The molecule has 128 valence electrons. The Balaban J connectivity index is 1.51. The Labute approximate surface area is 140 Å². The zero-order valence-corrected chi connectivity index (χ0v) is 13.5. The summed E-state index contributed by atoms with van der Waals surface area (Å²) in [5.74, 6) is 0.243. The second-order valence-corrected chi connectivity index (χ2v) is 6.72. The maximum Gasteiger partial charge on any atom is 0.308 e. The molecule has 1 unspecified atom stereocenters. The number of fused-ring (bicyclic) bond motifs is 1. The van der Waals surface area contributed by atoms with E-state index in [1.165, 1.54) is 12.8 Å². The molecule has 24 heavy (non-hydrogen) atoms. The smallest absolute Gasteiger partial charge is 0.308 e. The van der Waals surface area contributed by atoms with Crippen molar-refractivity contribution in [3.8, 4) is 0 Å². The lowest BCUT2D eigenvalue weighted by atomic mass is 9.86. The molecule has 2 aromatic rings. The van der Waals surface area contributed by atoms with Crippen LogP contribution in [0.3, 0.4) is 0 Å². The quantitative estimate of drug-likeness (QED) is 0.843. The molecule has 2 aliphatic rings. The molecule has 1 aliphatic carbocycles. The van der Waals surface area contributed by atoms with Crippen LogP contribution in [0.2, 0.25) is 0 Å². The predicted molar refractivity (Wildman–Crippen MR) is 88.1 cm³/mol. The summed E-state index contributed by atoms with van der Waals surface area (Å²) in [6.07, 6.45) is 7.53. The Morgan fingerprint density at radius 3 is 2.88 bits per heavy atom. The van der Waals surface area contributed by atoms with Crippen molar-refractivity contribution < 1.29 is 14.6 Å². The first-order valence-electron chi connectivity index (χ1n) is 8.61. The number of hydrogen-bond donors (Lipinski definition) is 2. The molecule has 1 saturated heterocycles. The molecule has 3 heterocycles. The maximum absolute atomic E-state index is 11.7. The van der Waals surface area contributed by atoms with Gasteiger partial charge in [0.05, 0.1) is 11.6 Å². The van der Waals surface area contributed by atoms with Gasteiger partial charge < -0.3 is 15.2 Å². The van der Waals surface area contributed by atoms with Gasteiger partial charge >= 0.3 is 5.97 Å². The Morgan fingerprint density at radius 2 is 2.17 bits per heavy atom. The number of carbonyl (C=O) groups is 1. The first-order valence-corrected chi connectivity index (χ1v) is 8.61. The van der Waals surface area contributed by atoms with Crippen molar-refractivity contribution in [1.29, 1.82) is 0 Å². The summed E-state index contributed by atoms with van der Waals surface area (Å²) < 4.78 is 7.17. The number of ether oxygens (including phenoxy) is 1. The average Bonchev–Trinajstić information content (AvgIpc) is 3.35. The third kappa shape index (κ3) is 3.08. The van der Waals surface area contributed by atoms with Gasteiger partial charge in [-0.05, 0) is 37.7 Å². The van der Waals surface area contributed by atoms with Gasteiger partial charge in [-0.15, -0.1) is 0 Å². The molecular weight excluding hydrogens is 308 g/mol. The standard InChI is InChI=1S/C17H22N4O3/c22-17(23)13(11-3-7-24-8-4-11)10-19-16-15-9-14(12-1-2-12)20-21(15)6-5-18-16/h5-6,9,11-13H,1-4,7-8,10H2,(H,18,19)(H,22,23). The Hall–Kier alpha value is -2.15. The van der Waals surface area contributed by atoms with Crippen molar-refractivity contribution in [3.63, 3.8) is 0 Å². The van der Waals surface area contributed by atoms with Crippen LogP contribution in [0.1, 0.15) is 37.3 Å². The Morgan fingerprint density at radius 1 is 1.38 bits per heavy atom. The summed E-state index contributed by atoms with van der Waals surface area (Å²) in [6.45, 7) is 1.67. The number of nitrogens with one attached hydrogen (secondary N) is 1. The van der Waals surface area contributed by atoms with Gasteiger partial charge in [-0.25, -0.2) is 9.50 Å². The maximum atomic E-state index is 11.7. The molecule has 2 fully saturated rings. The first kappa shape index (κ1) is 15.4. The van der Waals surface area contributed by atoms with E-state index in [9.17, 15) is 9.90 Å². The topological polar surface area (TPSA) is 88.8 Å². The van der Waals surface area contributed by atoms with Crippen LogP contribution in [0.15, 0.2) is 18.5 Å². The number of carboxylic acid groups (broad SMARTS) is 1. The van der Waals surface area contributed by atoms with Crippen LogP contribution in [-0.4, -0.2) is 45.4 Å². The van der Waals surface area contributed by atoms with E-state index >= 15 is 0 Å². The molecule has 1 aliphatic heterocycles. The molecule has 7 nitrogen and oxygen atoms in total. The molecule has 0 spiro atoms. The number of rotatable bonds is 6. The highest BCUT2D eigenvalue weighted by Crippen LogP contribution is 2.40. The van der Waals surface area contributed by atoms with E-state index in [-0.39, 0.29) is 5.92 Å². The average molecular weight is 330 g/mol. The Bertz CT molecular complexity index is 735. The molecule has 7 heteroatoms. The minimum absolute atomic E-state index is 0.149. The molecule has 0 bridgehead atoms. The molecule has 1 saturated carbocycles. The summed E-state index contributed by atoms with van der Waals surface area (Å²) in [5.41, 5.74) is 2.01. The Kier molecular flexibility index (Phi) is 4.10. The second-order valence-electron chi connectivity index (χ2n) is 6.72. The fourth-order valence-corrected chi connectivity index (χ4v) is 3.44. The third-order valence-electron chi connectivity index (χ3n) is 5.05. The first-order chi connectivity index (χ1) is 11.7. The van der Waals surface area contributed by atoms with E-state index in [2.05, 4.69) is 21.5 Å². The lowest BCUT2D eigenvalue weighted by Crippen LogP contribution is -2.34. The van der Waals surface area contributed by atoms with Crippen molar-refractivity contribution in [3.05, 3.63) is 24.2 Å². The van der Waals surface area contributed by atoms with E-state index in [0.29, 0.717) is 31.5 Å². The fourth-order valence-electron chi connectivity index (χ4n) is 3.44. The van der Waals surface area contributed by atoms with Crippen LogP contribution in [0.25, 0.3) is 5.52 Å². The van der Waals surface area contributed by atoms with Crippen molar-refractivity contribution in [2.45, 2.75) is 31.6 Å². The molecule has 1 atom stereocenters. The fraction of sp³-hybridized carbons (Fsp3) is 0.588. The molecule has 0 aromatic carbocycles. The van der Waals surface area contributed by atoms with Crippen molar-refractivity contribution in [1.82, 2.24) is 14.6 Å². The number of aliphatic carboxylic acids is 1. The molecule has 0 amide bonds. The van der Waals surface area contributed by atoms with Crippen LogP contribution < -0.4 is 5.32 Å². The van der Waals surface area contributed by atoms with Gasteiger partial charge in [0.25, 0.3) is 0 Å². The zero-order valence-electron chi connectivity index (χ0n) is 13.5. The van der Waals surface area contributed by atoms with Crippen LogP contribution in [0.4, 0.5) is 5.82 Å². The molecule has 0 radical (unpaired) electrons. The number of hydrogen-bond acceptors (Lipinski definition) is 5. The molecule has 4 rings (SSSR count). The minimum atomic E-state index is -0.756. The number of carboxylic acids is 1. The minimum Gasteiger partial charge on any atom is -0.481 e. The van der Waals surface area contributed by atoms with Gasteiger partial charge in [0.1, 0.15) is 5.52 Å². The highest BCUT2D eigenvalue weighted by atomic mass is 16.5. The second kappa shape index (κ2) is 6.39. The summed E-state index contributed by atoms with van der Waals surface area (Å²) in [5, 5.41) is 17.4. The van der Waals surface area contributed by atoms with Crippen LogP contribution in [0, 0.1) is 11.8 Å². The lowest BCUT2D eigenvalue weighted by Gasteiger charge is -2.27. The third-order valence-corrected chi connectivity index (χ3v) is 5.05. The van der Waals surface area contributed by atoms with E-state index in [1.807, 2.05) is 10.7 Å². The number of nitrogens with zero attached hydrogens (tertiary/aromatic N) is 3. The number of anilines is 1. The van der Waals surface area contributed by atoms with Crippen LogP contribution in [0.5, 0.6) is 0 Å². The highest BCUT2D eigenvalue weighted by molar-refractivity contribution is 5.73. The van der Waals surface area contributed by atoms with E-state index in [0.717, 1.165) is 24.1 Å².